The van der Waals surface area contributed by atoms with E-state index >= 15 is 0 Å². The number of sulfonamides is 1. The van der Waals surface area contributed by atoms with Crippen molar-refractivity contribution in [1.29, 1.82) is 0 Å². The number of nitro benzene ring substituents is 1. The lowest BCUT2D eigenvalue weighted by Crippen LogP contribution is -2.52. The minimum atomic E-state index is -4.62. The lowest BCUT2D eigenvalue weighted by molar-refractivity contribution is -0.385. The molecule has 0 heterocycles. The number of nitrogens with zero attached hydrogens (tertiary/aromatic N) is 3. The number of carbonyl (C=O) groups is 2. The molecule has 0 bridgehead atoms. The van der Waals surface area contributed by atoms with Crippen LogP contribution in [0.1, 0.15) is 43.9 Å². The molecule has 0 fully saturated rings. The molecular formula is C32H39ClN4O7S. The van der Waals surface area contributed by atoms with Gasteiger partial charge in [-0.25, -0.2) is 8.42 Å². The van der Waals surface area contributed by atoms with Crippen LogP contribution in [-0.2, 0) is 26.2 Å². The maximum absolute atomic E-state index is 14.3. The van der Waals surface area contributed by atoms with Crippen molar-refractivity contribution < 1.29 is 27.7 Å². The Kier molecular flexibility index (Phi) is 11.9. The van der Waals surface area contributed by atoms with Gasteiger partial charge in [0.1, 0.15) is 18.3 Å². The fraction of sp³-hybridized carbons (Fsp3) is 0.375. The number of methoxy groups -OCH3 is 1. The SMILES string of the molecule is CC[C@H](C(=O)NCC(C)C)N(Cc1ccccc1C)C(=O)CN(c1cc(Cl)ccc1OC)S(=O)(=O)c1ccc(C)c([N+](=O)[O-])c1. The average molecular weight is 659 g/mol. The molecular weight excluding hydrogens is 620 g/mol. The Hall–Kier alpha value is -4.16. The van der Waals surface area contributed by atoms with Crippen LogP contribution in [0.3, 0.4) is 0 Å². The Balaban J connectivity index is 2.19. The number of halogens is 1. The van der Waals surface area contributed by atoms with Crippen molar-refractivity contribution in [2.75, 3.05) is 24.5 Å². The number of nitrogens with one attached hydrogen (secondary N) is 1. The van der Waals surface area contributed by atoms with E-state index in [4.69, 9.17) is 16.3 Å². The Morgan fingerprint density at radius 2 is 1.73 bits per heavy atom. The molecule has 242 valence electrons. The second-order valence-corrected chi connectivity index (χ2v) is 13.3. The molecule has 0 unspecified atom stereocenters. The molecule has 11 nitrogen and oxygen atoms in total. The molecule has 3 aromatic rings. The summed E-state index contributed by atoms with van der Waals surface area (Å²) in [6, 6.07) is 14.3. The van der Waals surface area contributed by atoms with E-state index in [0.717, 1.165) is 21.5 Å². The van der Waals surface area contributed by atoms with Crippen LogP contribution in [0.4, 0.5) is 11.4 Å². The normalized spacial score (nSPS) is 12.0. The van der Waals surface area contributed by atoms with Crippen LogP contribution in [0.5, 0.6) is 5.75 Å². The smallest absolute Gasteiger partial charge is 0.273 e. The molecule has 0 saturated heterocycles. The predicted molar refractivity (Wildman–Crippen MR) is 174 cm³/mol. The highest BCUT2D eigenvalue weighted by Crippen LogP contribution is 2.36. The van der Waals surface area contributed by atoms with E-state index in [1.807, 2.05) is 45.0 Å². The number of nitro groups is 1. The van der Waals surface area contributed by atoms with Crippen molar-refractivity contribution in [3.8, 4) is 5.75 Å². The number of benzene rings is 3. The van der Waals surface area contributed by atoms with E-state index in [1.165, 1.54) is 49.3 Å². The molecule has 13 heteroatoms. The molecule has 0 aliphatic heterocycles. The van der Waals surface area contributed by atoms with Crippen molar-refractivity contribution in [3.63, 3.8) is 0 Å². The quantitative estimate of drug-likeness (QED) is 0.174. The summed E-state index contributed by atoms with van der Waals surface area (Å²) in [6.07, 6.45) is 0.263. The number of anilines is 1. The third-order valence-electron chi connectivity index (χ3n) is 7.33. The largest absolute Gasteiger partial charge is 0.495 e. The first kappa shape index (κ1) is 35.3. The summed E-state index contributed by atoms with van der Waals surface area (Å²) in [5, 5.41) is 14.7. The van der Waals surface area contributed by atoms with Crippen molar-refractivity contribution >= 4 is 44.8 Å². The topological polar surface area (TPSA) is 139 Å². The van der Waals surface area contributed by atoms with Gasteiger partial charge in [0.25, 0.3) is 15.7 Å². The van der Waals surface area contributed by atoms with E-state index in [9.17, 15) is 28.1 Å². The van der Waals surface area contributed by atoms with Crippen LogP contribution in [0.15, 0.2) is 65.6 Å². The number of hydrogen-bond acceptors (Lipinski definition) is 7. The molecule has 0 aliphatic carbocycles. The maximum Gasteiger partial charge on any atom is 0.273 e. The van der Waals surface area contributed by atoms with Gasteiger partial charge in [-0.3, -0.25) is 24.0 Å². The number of ether oxygens (including phenoxy) is 1. The highest BCUT2D eigenvalue weighted by molar-refractivity contribution is 7.92. The minimum Gasteiger partial charge on any atom is -0.495 e. The van der Waals surface area contributed by atoms with Gasteiger partial charge in [0.15, 0.2) is 0 Å². The van der Waals surface area contributed by atoms with Crippen LogP contribution >= 0.6 is 11.6 Å². The van der Waals surface area contributed by atoms with Gasteiger partial charge in [0.05, 0.1) is 22.6 Å². The Bertz CT molecular complexity index is 1660. The average Bonchev–Trinajstić information content (AvgIpc) is 2.99. The zero-order chi connectivity index (χ0) is 33.5. The first-order chi connectivity index (χ1) is 21.2. The Morgan fingerprint density at radius 3 is 2.33 bits per heavy atom. The minimum absolute atomic E-state index is 0.0374. The molecule has 1 N–H and O–H groups in total. The number of rotatable bonds is 14. The third-order valence-corrected chi connectivity index (χ3v) is 9.32. The highest BCUT2D eigenvalue weighted by Gasteiger charge is 2.35. The molecule has 0 radical (unpaired) electrons. The summed E-state index contributed by atoms with van der Waals surface area (Å²) in [5.74, 6) is -0.764. The van der Waals surface area contributed by atoms with E-state index in [2.05, 4.69) is 5.32 Å². The molecule has 3 aromatic carbocycles. The number of carbonyl (C=O) groups excluding carboxylic acids is 2. The van der Waals surface area contributed by atoms with Gasteiger partial charge in [-0.15, -0.1) is 0 Å². The van der Waals surface area contributed by atoms with Gasteiger partial charge in [0, 0.05) is 29.7 Å². The second-order valence-electron chi connectivity index (χ2n) is 11.0. The highest BCUT2D eigenvalue weighted by atomic mass is 35.5. The van der Waals surface area contributed by atoms with Crippen molar-refractivity contribution in [2.24, 2.45) is 5.92 Å². The zero-order valence-electron chi connectivity index (χ0n) is 26.2. The Labute approximate surface area is 269 Å². The summed E-state index contributed by atoms with van der Waals surface area (Å²) < 4.78 is 34.8. The van der Waals surface area contributed by atoms with Crippen molar-refractivity contribution in [2.45, 2.75) is 58.5 Å². The maximum atomic E-state index is 14.3. The van der Waals surface area contributed by atoms with Gasteiger partial charge < -0.3 is 15.0 Å². The molecule has 0 saturated carbocycles. The molecule has 2 amide bonds. The molecule has 3 rings (SSSR count). The van der Waals surface area contributed by atoms with E-state index in [-0.39, 0.29) is 46.8 Å². The van der Waals surface area contributed by atoms with Crippen LogP contribution < -0.4 is 14.4 Å². The zero-order valence-corrected chi connectivity index (χ0v) is 27.8. The monoisotopic (exact) mass is 658 g/mol. The first-order valence-electron chi connectivity index (χ1n) is 14.4. The van der Waals surface area contributed by atoms with Gasteiger partial charge in [-0.1, -0.05) is 62.7 Å². The van der Waals surface area contributed by atoms with Crippen molar-refractivity contribution in [1.82, 2.24) is 10.2 Å². The van der Waals surface area contributed by atoms with Crippen molar-refractivity contribution in [3.05, 3.63) is 92.5 Å². The van der Waals surface area contributed by atoms with Crippen LogP contribution in [0.25, 0.3) is 0 Å². The summed E-state index contributed by atoms with van der Waals surface area (Å²) >= 11 is 6.29. The first-order valence-corrected chi connectivity index (χ1v) is 16.3. The van der Waals surface area contributed by atoms with Gasteiger partial charge >= 0.3 is 0 Å². The lowest BCUT2D eigenvalue weighted by atomic mass is 10.1. The van der Waals surface area contributed by atoms with Gasteiger partial charge in [-0.05, 0) is 61.6 Å². The summed E-state index contributed by atoms with van der Waals surface area (Å²) in [4.78, 5) is 39.7. The predicted octanol–water partition coefficient (Wildman–Crippen LogP) is 5.65. The number of amides is 2. The summed E-state index contributed by atoms with van der Waals surface area (Å²) in [6.45, 7) is 8.74. The van der Waals surface area contributed by atoms with E-state index in [1.54, 1.807) is 6.92 Å². The summed E-state index contributed by atoms with van der Waals surface area (Å²) in [7, 11) is -3.28. The second kappa shape index (κ2) is 15.2. The molecule has 45 heavy (non-hydrogen) atoms. The van der Waals surface area contributed by atoms with E-state index in [0.29, 0.717) is 6.54 Å². The van der Waals surface area contributed by atoms with Crippen LogP contribution in [0.2, 0.25) is 5.02 Å². The molecule has 1 atom stereocenters. The molecule has 0 aromatic heterocycles. The summed E-state index contributed by atoms with van der Waals surface area (Å²) in [5.41, 5.74) is 1.50. The number of aryl methyl sites for hydroxylation is 2. The Morgan fingerprint density at radius 1 is 1.04 bits per heavy atom. The van der Waals surface area contributed by atoms with Gasteiger partial charge in [-0.2, -0.15) is 0 Å². The van der Waals surface area contributed by atoms with Gasteiger partial charge in [0.2, 0.25) is 11.8 Å². The standard InChI is InChI=1S/C32H39ClN4O7S/c1-7-27(32(39)34-18-21(2)3)35(19-24-11-9-8-10-22(24)4)31(38)20-36(29-16-25(33)13-15-30(29)44-6)45(42,43)26-14-12-23(5)28(17-26)37(40)41/h8-17,21,27H,7,18-20H2,1-6H3,(H,34,39)/t27-/m1/s1. The fourth-order valence-corrected chi connectivity index (χ4v) is 6.36. The molecule has 0 spiro atoms. The lowest BCUT2D eigenvalue weighted by Gasteiger charge is -2.34. The van der Waals surface area contributed by atoms with E-state index < -0.39 is 44.0 Å². The molecule has 0 aliphatic rings. The third kappa shape index (κ3) is 8.52. The fourth-order valence-electron chi connectivity index (χ4n) is 4.76. The van der Waals surface area contributed by atoms with Crippen LogP contribution in [-0.4, -0.2) is 56.3 Å². The van der Waals surface area contributed by atoms with Crippen LogP contribution in [0, 0.1) is 29.9 Å². The number of hydrogen-bond donors (Lipinski definition) is 1.